The minimum absolute atomic E-state index is 0.676. The molecule has 0 bridgehead atoms. The number of carbonyl (C=O) groups excluding carboxylic acids is 1. The third-order valence-electron chi connectivity index (χ3n) is 0.413. The summed E-state index contributed by atoms with van der Waals surface area (Å²) in [6.45, 7) is 6.29. The Kier molecular flexibility index (Phi) is 18.1. The van der Waals surface area contributed by atoms with Crippen LogP contribution in [0.3, 0.4) is 0 Å². The van der Waals surface area contributed by atoms with Crippen molar-refractivity contribution in [3.05, 3.63) is 13.2 Å². The van der Waals surface area contributed by atoms with Crippen LogP contribution in [0.15, 0.2) is 13.2 Å². The molecule has 0 saturated carbocycles. The second kappa shape index (κ2) is 13.9. The second-order valence-electron chi connectivity index (χ2n) is 1.48. The summed E-state index contributed by atoms with van der Waals surface area (Å²) in [7, 11) is 0. The molecule has 0 heterocycles. The summed E-state index contributed by atoms with van der Waals surface area (Å²) in [4.78, 5) is 18.3. The number of hydrogen-bond acceptors (Lipinski definition) is 3. The maximum atomic E-state index is 11.1. The number of hydrogen-bond donors (Lipinski definition) is 2. The van der Waals surface area contributed by atoms with Crippen molar-refractivity contribution in [2.75, 3.05) is 6.61 Å². The van der Waals surface area contributed by atoms with Crippen molar-refractivity contribution in [2.24, 2.45) is 0 Å². The molecule has 0 rings (SSSR count). The molecule has 0 aliphatic carbocycles. The molecule has 14 heavy (non-hydrogen) atoms. The van der Waals surface area contributed by atoms with E-state index in [4.69, 9.17) is 15.0 Å². The Labute approximate surface area is 79.6 Å². The van der Waals surface area contributed by atoms with E-state index in [1.54, 1.807) is 0 Å². The van der Waals surface area contributed by atoms with Crippen molar-refractivity contribution in [1.29, 1.82) is 0 Å². The number of alkyl halides is 2. The number of carbonyl (C=O) groups is 2. The Morgan fingerprint density at radius 1 is 1.36 bits per heavy atom. The van der Waals surface area contributed by atoms with Gasteiger partial charge < -0.3 is 14.9 Å². The number of ether oxygens (including phenoxy) is 1. The van der Waals surface area contributed by atoms with Crippen LogP contribution in [0.1, 0.15) is 6.92 Å². The molecule has 7 heteroatoms. The van der Waals surface area contributed by atoms with Crippen molar-refractivity contribution in [3.63, 3.8) is 0 Å². The lowest BCUT2D eigenvalue weighted by Gasteiger charge is -1.96. The van der Waals surface area contributed by atoms with Gasteiger partial charge in [-0.1, -0.05) is 0 Å². The minimum atomic E-state index is -2.56. The van der Waals surface area contributed by atoms with Crippen molar-refractivity contribution in [2.45, 2.75) is 13.3 Å². The van der Waals surface area contributed by atoms with E-state index in [0.29, 0.717) is 0 Å². The summed E-state index contributed by atoms with van der Waals surface area (Å²) in [6, 6.07) is 0. The molecule has 0 aromatic heterocycles. The molecule has 0 saturated heterocycles. The standard InChI is InChI=1S/C4H6F2O2.C2H4.CH2O3/c1-3(7)8-2-4(5)6;1-2;2-1(3)4/h4H,2H2,1H3;1-2H2;(H2,2,3,4). The van der Waals surface area contributed by atoms with Crippen LogP contribution in [0.25, 0.3) is 0 Å². The van der Waals surface area contributed by atoms with Gasteiger partial charge in [-0.15, -0.1) is 13.2 Å². The van der Waals surface area contributed by atoms with Gasteiger partial charge in [-0.3, -0.25) is 4.79 Å². The Balaban J connectivity index is -0.000000170. The van der Waals surface area contributed by atoms with Gasteiger partial charge >= 0.3 is 12.1 Å². The Bertz CT molecular complexity index is 156. The highest BCUT2D eigenvalue weighted by atomic mass is 19.3. The zero-order valence-electron chi connectivity index (χ0n) is 7.57. The molecule has 0 aromatic carbocycles. The van der Waals surface area contributed by atoms with Gasteiger partial charge in [-0.25, -0.2) is 13.6 Å². The van der Waals surface area contributed by atoms with Crippen molar-refractivity contribution >= 4 is 12.1 Å². The maximum absolute atomic E-state index is 11.1. The van der Waals surface area contributed by atoms with Crippen LogP contribution in [0.4, 0.5) is 13.6 Å². The summed E-state index contributed by atoms with van der Waals surface area (Å²) in [5.74, 6) is -0.676. The Hall–Kier alpha value is -1.66. The molecule has 0 amide bonds. The molecular weight excluding hydrogens is 202 g/mol. The van der Waals surface area contributed by atoms with Gasteiger partial charge in [0.15, 0.2) is 6.61 Å². The van der Waals surface area contributed by atoms with E-state index in [-0.39, 0.29) is 0 Å². The summed E-state index contributed by atoms with van der Waals surface area (Å²) >= 11 is 0. The van der Waals surface area contributed by atoms with Gasteiger partial charge in [0, 0.05) is 6.92 Å². The largest absolute Gasteiger partial charge is 0.503 e. The van der Waals surface area contributed by atoms with Crippen LogP contribution < -0.4 is 0 Å². The predicted octanol–water partition coefficient (Wildman–Crippen LogP) is 1.84. The van der Waals surface area contributed by atoms with Gasteiger partial charge in [-0.2, -0.15) is 0 Å². The van der Waals surface area contributed by atoms with E-state index in [9.17, 15) is 13.6 Å². The summed E-state index contributed by atoms with van der Waals surface area (Å²) in [5.41, 5.74) is 0. The first kappa shape index (κ1) is 18.2. The number of rotatable bonds is 2. The SMILES string of the molecule is C=C.CC(=O)OCC(F)F.O=C(O)O. The lowest BCUT2D eigenvalue weighted by Crippen LogP contribution is -2.07. The minimum Gasteiger partial charge on any atom is -0.460 e. The normalized spacial score (nSPS) is 7.43. The van der Waals surface area contributed by atoms with Crippen LogP contribution >= 0.6 is 0 Å². The third-order valence-corrected chi connectivity index (χ3v) is 0.413. The van der Waals surface area contributed by atoms with E-state index in [1.807, 2.05) is 0 Å². The molecule has 0 fully saturated rings. The fourth-order valence-corrected chi connectivity index (χ4v) is 0.180. The van der Waals surface area contributed by atoms with Crippen LogP contribution in [0.2, 0.25) is 0 Å². The van der Waals surface area contributed by atoms with Gasteiger partial charge in [0.25, 0.3) is 6.43 Å². The molecule has 0 atom stereocenters. The zero-order valence-corrected chi connectivity index (χ0v) is 7.57. The first-order valence-corrected chi connectivity index (χ1v) is 3.19. The zero-order chi connectivity index (χ0) is 12.1. The summed E-state index contributed by atoms with van der Waals surface area (Å²) in [6.07, 6.45) is -4.39. The molecule has 5 nitrogen and oxygen atoms in total. The van der Waals surface area contributed by atoms with Gasteiger partial charge in [0.05, 0.1) is 0 Å². The van der Waals surface area contributed by atoms with Crippen molar-refractivity contribution in [1.82, 2.24) is 0 Å². The fraction of sp³-hybridized carbons (Fsp3) is 0.429. The monoisotopic (exact) mass is 214 g/mol. The molecular formula is C7H12F2O5. The highest BCUT2D eigenvalue weighted by Crippen LogP contribution is 1.91. The number of carboxylic acid groups (broad SMARTS) is 2. The summed E-state index contributed by atoms with van der Waals surface area (Å²) in [5, 5.41) is 13.9. The molecule has 0 radical (unpaired) electrons. The average molecular weight is 214 g/mol. The predicted molar refractivity (Wildman–Crippen MR) is 44.5 cm³/mol. The number of halogens is 2. The van der Waals surface area contributed by atoms with Crippen molar-refractivity contribution in [3.8, 4) is 0 Å². The van der Waals surface area contributed by atoms with Gasteiger partial charge in [0.2, 0.25) is 0 Å². The van der Waals surface area contributed by atoms with E-state index in [1.165, 1.54) is 0 Å². The third kappa shape index (κ3) is 80.9. The second-order valence-corrected chi connectivity index (χ2v) is 1.48. The van der Waals surface area contributed by atoms with Crippen LogP contribution in [-0.2, 0) is 9.53 Å². The van der Waals surface area contributed by atoms with Gasteiger partial charge in [-0.05, 0) is 0 Å². The van der Waals surface area contributed by atoms with E-state index in [2.05, 4.69) is 17.9 Å². The Morgan fingerprint density at radius 3 is 1.71 bits per heavy atom. The van der Waals surface area contributed by atoms with Crippen LogP contribution in [0, 0.1) is 0 Å². The van der Waals surface area contributed by atoms with E-state index < -0.39 is 25.2 Å². The summed E-state index contributed by atoms with van der Waals surface area (Å²) < 4.78 is 26.2. The Morgan fingerprint density at radius 2 is 1.64 bits per heavy atom. The van der Waals surface area contributed by atoms with Crippen LogP contribution in [-0.4, -0.2) is 35.4 Å². The smallest absolute Gasteiger partial charge is 0.460 e. The van der Waals surface area contributed by atoms with Crippen molar-refractivity contribution < 1.29 is 33.3 Å². The number of esters is 1. The van der Waals surface area contributed by atoms with Crippen LogP contribution in [0.5, 0.6) is 0 Å². The maximum Gasteiger partial charge on any atom is 0.503 e. The molecule has 0 aliphatic rings. The van der Waals surface area contributed by atoms with Gasteiger partial charge in [0.1, 0.15) is 0 Å². The molecule has 0 aliphatic heterocycles. The lowest BCUT2D eigenvalue weighted by atomic mass is 10.7. The van der Waals surface area contributed by atoms with E-state index >= 15 is 0 Å². The first-order chi connectivity index (χ1) is 6.36. The topological polar surface area (TPSA) is 83.8 Å². The molecule has 84 valence electrons. The molecule has 0 aromatic rings. The van der Waals surface area contributed by atoms with E-state index in [0.717, 1.165) is 6.92 Å². The highest BCUT2D eigenvalue weighted by Gasteiger charge is 2.02. The molecule has 2 N–H and O–H groups in total. The lowest BCUT2D eigenvalue weighted by molar-refractivity contribution is -0.144. The molecule has 0 unspecified atom stereocenters. The quantitative estimate of drug-likeness (QED) is 0.541. The highest BCUT2D eigenvalue weighted by molar-refractivity contribution is 5.65. The molecule has 0 spiro atoms. The fourth-order valence-electron chi connectivity index (χ4n) is 0.180. The first-order valence-electron chi connectivity index (χ1n) is 3.19. The average Bonchev–Trinajstić information content (AvgIpc) is 2.03.